The maximum absolute atomic E-state index is 12.4. The molecule has 1 saturated heterocycles. The quantitative estimate of drug-likeness (QED) is 0.505. The molecule has 0 spiro atoms. The minimum atomic E-state index is 0.104. The van der Waals surface area contributed by atoms with E-state index in [1.807, 2.05) is 6.08 Å². The van der Waals surface area contributed by atoms with Gasteiger partial charge in [-0.05, 0) is 57.5 Å². The highest BCUT2D eigenvalue weighted by molar-refractivity contribution is 7.99. The normalized spacial score (nSPS) is 23.5. The number of nitrogens with zero attached hydrogens (tertiary/aromatic N) is 4. The predicted octanol–water partition coefficient (Wildman–Crippen LogP) is 3.28. The molecule has 2 heterocycles. The number of nitrogens with one attached hydrogen (secondary N) is 1. The lowest BCUT2D eigenvalue weighted by Gasteiger charge is -2.26. The summed E-state index contributed by atoms with van der Waals surface area (Å²) in [6.07, 6.45) is 11.4. The number of likely N-dealkylation sites (tertiary alicyclic amines) is 1. The number of carbonyl (C=O) groups is 1. The monoisotopic (exact) mass is 405 g/mol. The third-order valence-corrected chi connectivity index (χ3v) is 6.89. The van der Waals surface area contributed by atoms with Crippen molar-refractivity contribution in [2.75, 3.05) is 25.4 Å². The van der Waals surface area contributed by atoms with E-state index < -0.39 is 0 Å². The van der Waals surface area contributed by atoms with Crippen molar-refractivity contribution in [1.29, 1.82) is 0 Å². The van der Waals surface area contributed by atoms with Gasteiger partial charge in [0, 0.05) is 25.6 Å². The van der Waals surface area contributed by atoms with E-state index in [9.17, 15) is 4.79 Å². The van der Waals surface area contributed by atoms with E-state index in [1.54, 1.807) is 0 Å². The molecule has 7 heteroatoms. The van der Waals surface area contributed by atoms with Gasteiger partial charge in [-0.15, -0.1) is 16.8 Å². The van der Waals surface area contributed by atoms with Crippen LogP contribution in [0.4, 0.5) is 0 Å². The van der Waals surface area contributed by atoms with E-state index in [0.717, 1.165) is 42.7 Å². The largest absolute Gasteiger partial charge is 0.353 e. The number of allylic oxidation sites excluding steroid dienone is 1. The standard InChI is InChI=1S/C21H35N5OS/c1-3-12-26-19(11-15-25-13-5-4-6-14-25)23-24-21(26)28-16-20(27)22-18-9-7-17(2)8-10-18/h3,17-18H,1,4-16H2,2H3,(H,22,27). The molecule has 2 aliphatic rings. The second kappa shape index (κ2) is 11.0. The van der Waals surface area contributed by atoms with Gasteiger partial charge in [-0.2, -0.15) is 0 Å². The molecule has 0 atom stereocenters. The van der Waals surface area contributed by atoms with Crippen molar-refractivity contribution in [2.24, 2.45) is 5.92 Å². The van der Waals surface area contributed by atoms with Crippen molar-refractivity contribution >= 4 is 17.7 Å². The van der Waals surface area contributed by atoms with Crippen LogP contribution >= 0.6 is 11.8 Å². The highest BCUT2D eigenvalue weighted by atomic mass is 32.2. The van der Waals surface area contributed by atoms with Crippen LogP contribution in [0.25, 0.3) is 0 Å². The summed E-state index contributed by atoms with van der Waals surface area (Å²) in [5.74, 6) is 2.29. The van der Waals surface area contributed by atoms with E-state index in [4.69, 9.17) is 0 Å². The summed E-state index contributed by atoms with van der Waals surface area (Å²) in [5, 5.41) is 12.8. The van der Waals surface area contributed by atoms with E-state index in [-0.39, 0.29) is 5.91 Å². The first-order valence-corrected chi connectivity index (χ1v) is 11.8. The molecule has 2 fully saturated rings. The average Bonchev–Trinajstić information content (AvgIpc) is 3.09. The molecular formula is C21H35N5OS. The second-order valence-electron chi connectivity index (χ2n) is 8.26. The number of hydrogen-bond acceptors (Lipinski definition) is 5. The molecule has 28 heavy (non-hydrogen) atoms. The molecule has 0 bridgehead atoms. The minimum Gasteiger partial charge on any atom is -0.353 e. The highest BCUT2D eigenvalue weighted by Gasteiger charge is 2.21. The molecule has 0 unspecified atom stereocenters. The van der Waals surface area contributed by atoms with E-state index in [2.05, 4.69) is 38.5 Å². The molecule has 1 aliphatic carbocycles. The van der Waals surface area contributed by atoms with Gasteiger partial charge >= 0.3 is 0 Å². The van der Waals surface area contributed by atoms with Gasteiger partial charge in [0.25, 0.3) is 0 Å². The summed E-state index contributed by atoms with van der Waals surface area (Å²) in [5.41, 5.74) is 0. The number of thioether (sulfide) groups is 1. The van der Waals surface area contributed by atoms with E-state index in [0.29, 0.717) is 18.3 Å². The van der Waals surface area contributed by atoms with Gasteiger partial charge < -0.3 is 14.8 Å². The number of rotatable bonds is 9. The van der Waals surface area contributed by atoms with Crippen LogP contribution in [-0.2, 0) is 17.8 Å². The lowest BCUT2D eigenvalue weighted by molar-refractivity contribution is -0.119. The number of aromatic nitrogens is 3. The Morgan fingerprint density at radius 2 is 1.96 bits per heavy atom. The van der Waals surface area contributed by atoms with E-state index >= 15 is 0 Å². The topological polar surface area (TPSA) is 63.1 Å². The molecule has 1 N–H and O–H groups in total. The molecule has 3 rings (SSSR count). The van der Waals surface area contributed by atoms with Crippen molar-refractivity contribution < 1.29 is 4.79 Å². The summed E-state index contributed by atoms with van der Waals surface area (Å²) >= 11 is 1.48. The van der Waals surface area contributed by atoms with Crippen molar-refractivity contribution in [3.8, 4) is 0 Å². The van der Waals surface area contributed by atoms with Gasteiger partial charge in [0.05, 0.1) is 5.75 Å². The number of piperidine rings is 1. The Balaban J connectivity index is 1.49. The van der Waals surface area contributed by atoms with Gasteiger partial charge in [0.1, 0.15) is 5.82 Å². The molecule has 1 amide bonds. The van der Waals surface area contributed by atoms with Crippen LogP contribution in [0.3, 0.4) is 0 Å². The predicted molar refractivity (Wildman–Crippen MR) is 115 cm³/mol. The molecule has 6 nitrogen and oxygen atoms in total. The third-order valence-electron chi connectivity index (χ3n) is 5.92. The second-order valence-corrected chi connectivity index (χ2v) is 9.21. The molecule has 1 aliphatic heterocycles. The molecule has 1 aromatic heterocycles. The van der Waals surface area contributed by atoms with Crippen LogP contribution in [-0.4, -0.2) is 57.0 Å². The van der Waals surface area contributed by atoms with Gasteiger partial charge in [-0.1, -0.05) is 31.2 Å². The highest BCUT2D eigenvalue weighted by Crippen LogP contribution is 2.24. The summed E-state index contributed by atoms with van der Waals surface area (Å²) in [6.45, 7) is 10.3. The Morgan fingerprint density at radius 3 is 2.68 bits per heavy atom. The van der Waals surface area contributed by atoms with Gasteiger partial charge in [-0.25, -0.2) is 0 Å². The summed E-state index contributed by atoms with van der Waals surface area (Å²) in [7, 11) is 0. The van der Waals surface area contributed by atoms with Gasteiger partial charge in [0.2, 0.25) is 5.91 Å². The Bertz CT molecular complexity index is 633. The van der Waals surface area contributed by atoms with Gasteiger partial charge in [-0.3, -0.25) is 4.79 Å². The lowest BCUT2D eigenvalue weighted by atomic mass is 9.87. The fourth-order valence-corrected chi connectivity index (χ4v) is 4.95. The Kier molecular flexibility index (Phi) is 8.40. The van der Waals surface area contributed by atoms with Crippen LogP contribution in [0.5, 0.6) is 0 Å². The molecule has 156 valence electrons. The zero-order valence-electron chi connectivity index (χ0n) is 17.2. The number of amides is 1. The Labute approximate surface area is 173 Å². The van der Waals surface area contributed by atoms with Crippen LogP contribution in [0.2, 0.25) is 0 Å². The number of hydrogen-bond donors (Lipinski definition) is 1. The van der Waals surface area contributed by atoms with Crippen molar-refractivity contribution in [1.82, 2.24) is 25.0 Å². The van der Waals surface area contributed by atoms with Crippen LogP contribution < -0.4 is 5.32 Å². The first-order chi connectivity index (χ1) is 13.7. The Hall–Kier alpha value is -1.34. The summed E-state index contributed by atoms with van der Waals surface area (Å²) < 4.78 is 2.11. The average molecular weight is 406 g/mol. The lowest BCUT2D eigenvalue weighted by Crippen LogP contribution is -2.38. The van der Waals surface area contributed by atoms with E-state index in [1.165, 1.54) is 57.0 Å². The smallest absolute Gasteiger partial charge is 0.230 e. The fraction of sp³-hybridized carbons (Fsp3) is 0.762. The molecule has 1 saturated carbocycles. The zero-order valence-corrected chi connectivity index (χ0v) is 18.1. The summed E-state index contributed by atoms with van der Waals surface area (Å²) in [6, 6.07) is 0.343. The molecule has 0 aromatic carbocycles. The maximum Gasteiger partial charge on any atom is 0.230 e. The van der Waals surface area contributed by atoms with Crippen LogP contribution in [0.15, 0.2) is 17.8 Å². The first-order valence-electron chi connectivity index (χ1n) is 10.8. The van der Waals surface area contributed by atoms with Crippen LogP contribution in [0, 0.1) is 5.92 Å². The SMILES string of the molecule is C=CCn1c(CCN2CCCCC2)nnc1SCC(=O)NC1CCC(C)CC1. The molecule has 0 radical (unpaired) electrons. The van der Waals surface area contributed by atoms with Gasteiger partial charge in [0.15, 0.2) is 5.16 Å². The fourth-order valence-electron chi connectivity index (χ4n) is 4.17. The molecule has 1 aromatic rings. The third kappa shape index (κ3) is 6.34. The van der Waals surface area contributed by atoms with Crippen molar-refractivity contribution in [3.05, 3.63) is 18.5 Å². The molecular weight excluding hydrogens is 370 g/mol. The Morgan fingerprint density at radius 1 is 1.21 bits per heavy atom. The van der Waals surface area contributed by atoms with Crippen LogP contribution in [0.1, 0.15) is 57.7 Å². The zero-order chi connectivity index (χ0) is 19.8. The summed E-state index contributed by atoms with van der Waals surface area (Å²) in [4.78, 5) is 14.9. The minimum absolute atomic E-state index is 0.104. The van der Waals surface area contributed by atoms with Crippen molar-refractivity contribution in [3.63, 3.8) is 0 Å². The maximum atomic E-state index is 12.4. The van der Waals surface area contributed by atoms with Crippen molar-refractivity contribution in [2.45, 2.75) is 76.0 Å². The first kappa shape index (κ1) is 21.4. The number of carbonyl (C=O) groups excluding carboxylic acids is 1.